The van der Waals surface area contributed by atoms with E-state index in [9.17, 15) is 4.79 Å². The van der Waals surface area contributed by atoms with Crippen LogP contribution in [0.15, 0.2) is 55.1 Å². The van der Waals surface area contributed by atoms with Crippen molar-refractivity contribution in [2.45, 2.75) is 6.92 Å². The summed E-state index contributed by atoms with van der Waals surface area (Å²) in [5.41, 5.74) is 5.00. The molecule has 4 aromatic rings. The van der Waals surface area contributed by atoms with E-state index in [4.69, 9.17) is 0 Å². The number of carbonyl (C=O) groups is 1. The first-order valence-electron chi connectivity index (χ1n) is 7.69. The van der Waals surface area contributed by atoms with Gasteiger partial charge in [0.25, 0.3) is 0 Å². The van der Waals surface area contributed by atoms with Crippen LogP contribution in [0.2, 0.25) is 0 Å². The van der Waals surface area contributed by atoms with E-state index in [0.29, 0.717) is 16.8 Å². The highest BCUT2D eigenvalue weighted by atomic mass is 16.1. The number of nitrogens with zero attached hydrogens (tertiary/aromatic N) is 3. The predicted octanol–water partition coefficient (Wildman–Crippen LogP) is 3.50. The van der Waals surface area contributed by atoms with Gasteiger partial charge in [-0.2, -0.15) is 5.10 Å². The third kappa shape index (κ3) is 2.40. The Balaban J connectivity index is 1.83. The molecule has 0 saturated heterocycles. The molecule has 3 aromatic heterocycles. The quantitative estimate of drug-likeness (QED) is 0.588. The maximum atomic E-state index is 12.9. The lowest BCUT2D eigenvalue weighted by Gasteiger charge is -2.02. The maximum Gasteiger partial charge on any atom is 0.195 e. The van der Waals surface area contributed by atoms with Gasteiger partial charge in [-0.1, -0.05) is 23.8 Å². The van der Waals surface area contributed by atoms with Crippen molar-refractivity contribution in [2.75, 3.05) is 0 Å². The summed E-state index contributed by atoms with van der Waals surface area (Å²) in [7, 11) is 1.87. The summed E-state index contributed by atoms with van der Waals surface area (Å²) in [6.45, 7) is 1.98. The summed E-state index contributed by atoms with van der Waals surface area (Å²) in [5.74, 6) is -0.00455. The van der Waals surface area contributed by atoms with Crippen LogP contribution in [0.5, 0.6) is 0 Å². The summed E-state index contributed by atoms with van der Waals surface area (Å²) in [5, 5.41) is 5.01. The maximum absolute atomic E-state index is 12.9. The summed E-state index contributed by atoms with van der Waals surface area (Å²) in [6, 6.07) is 9.61. The molecular formula is C19H16N4O. The number of nitrogens with one attached hydrogen (secondary N) is 1. The minimum Gasteiger partial charge on any atom is -0.345 e. The molecule has 0 amide bonds. The van der Waals surface area contributed by atoms with Crippen LogP contribution < -0.4 is 0 Å². The fraction of sp³-hybridized carbons (Fsp3) is 0.105. The number of hydrogen-bond donors (Lipinski definition) is 1. The van der Waals surface area contributed by atoms with E-state index in [1.165, 1.54) is 0 Å². The zero-order valence-electron chi connectivity index (χ0n) is 13.4. The van der Waals surface area contributed by atoms with Crippen molar-refractivity contribution in [1.82, 2.24) is 19.7 Å². The van der Waals surface area contributed by atoms with Crippen LogP contribution >= 0.6 is 0 Å². The van der Waals surface area contributed by atoms with Gasteiger partial charge in [0.15, 0.2) is 5.78 Å². The number of aromatic nitrogens is 4. The molecule has 0 bridgehead atoms. The summed E-state index contributed by atoms with van der Waals surface area (Å²) >= 11 is 0. The average molecular weight is 316 g/mol. The van der Waals surface area contributed by atoms with Gasteiger partial charge in [-0.05, 0) is 19.1 Å². The van der Waals surface area contributed by atoms with E-state index in [1.54, 1.807) is 23.3 Å². The first-order chi connectivity index (χ1) is 11.6. The monoisotopic (exact) mass is 316 g/mol. The minimum atomic E-state index is -0.00455. The van der Waals surface area contributed by atoms with Crippen molar-refractivity contribution in [3.8, 4) is 11.1 Å². The number of H-pyrrole nitrogens is 1. The van der Waals surface area contributed by atoms with E-state index >= 15 is 0 Å². The Morgan fingerprint density at radius 1 is 1.17 bits per heavy atom. The van der Waals surface area contributed by atoms with Crippen LogP contribution in [-0.4, -0.2) is 25.5 Å². The molecule has 1 aromatic carbocycles. The number of fused-ring (bicyclic) bond motifs is 1. The second-order valence-corrected chi connectivity index (χ2v) is 5.92. The van der Waals surface area contributed by atoms with Crippen LogP contribution in [0.3, 0.4) is 0 Å². The number of aromatic amines is 1. The zero-order valence-corrected chi connectivity index (χ0v) is 13.4. The normalized spacial score (nSPS) is 11.1. The highest BCUT2D eigenvalue weighted by molar-refractivity contribution is 6.16. The number of carbonyl (C=O) groups excluding carboxylic acids is 1. The van der Waals surface area contributed by atoms with Crippen molar-refractivity contribution < 1.29 is 4.79 Å². The van der Waals surface area contributed by atoms with Gasteiger partial charge in [-0.15, -0.1) is 0 Å². The van der Waals surface area contributed by atoms with Crippen LogP contribution in [0.25, 0.3) is 22.2 Å². The molecule has 0 unspecified atom stereocenters. The number of pyridine rings is 1. The fourth-order valence-corrected chi connectivity index (χ4v) is 2.86. The molecule has 3 heterocycles. The molecule has 0 atom stereocenters. The number of aryl methyl sites for hydroxylation is 2. The fourth-order valence-electron chi connectivity index (χ4n) is 2.86. The Hall–Kier alpha value is -3.21. The van der Waals surface area contributed by atoms with Gasteiger partial charge in [0.05, 0.1) is 6.20 Å². The van der Waals surface area contributed by atoms with Crippen LogP contribution in [-0.2, 0) is 7.05 Å². The van der Waals surface area contributed by atoms with Crippen LogP contribution in [0, 0.1) is 6.92 Å². The highest BCUT2D eigenvalue weighted by Gasteiger charge is 2.16. The summed E-state index contributed by atoms with van der Waals surface area (Å²) in [6.07, 6.45) is 7.24. The van der Waals surface area contributed by atoms with E-state index in [2.05, 4.69) is 15.1 Å². The molecule has 24 heavy (non-hydrogen) atoms. The van der Waals surface area contributed by atoms with Gasteiger partial charge >= 0.3 is 0 Å². The molecule has 0 aliphatic heterocycles. The lowest BCUT2D eigenvalue weighted by atomic mass is 10.0. The Morgan fingerprint density at radius 2 is 2.04 bits per heavy atom. The first-order valence-corrected chi connectivity index (χ1v) is 7.69. The summed E-state index contributed by atoms with van der Waals surface area (Å²) < 4.78 is 1.75. The second kappa shape index (κ2) is 5.45. The zero-order chi connectivity index (χ0) is 16.7. The number of hydrogen-bond acceptors (Lipinski definition) is 3. The van der Waals surface area contributed by atoms with Crippen molar-refractivity contribution in [1.29, 1.82) is 0 Å². The van der Waals surface area contributed by atoms with E-state index in [-0.39, 0.29) is 5.78 Å². The molecule has 5 heteroatoms. The lowest BCUT2D eigenvalue weighted by Crippen LogP contribution is -2.00. The molecule has 1 N–H and O–H groups in total. The molecule has 0 aliphatic carbocycles. The molecule has 0 aliphatic rings. The SMILES string of the molecule is Cc1cccc(C(=O)c2c[nH]c3ncc(-c4cnn(C)c4)cc23)c1. The van der Waals surface area contributed by atoms with Crippen molar-refractivity contribution in [2.24, 2.45) is 7.05 Å². The molecule has 0 radical (unpaired) electrons. The Labute approximate surface area is 139 Å². The second-order valence-electron chi connectivity index (χ2n) is 5.92. The van der Waals surface area contributed by atoms with Gasteiger partial charge < -0.3 is 4.98 Å². The van der Waals surface area contributed by atoms with Crippen LogP contribution in [0.4, 0.5) is 0 Å². The molecule has 4 rings (SSSR count). The highest BCUT2D eigenvalue weighted by Crippen LogP contribution is 2.26. The van der Waals surface area contributed by atoms with Crippen molar-refractivity contribution in [3.63, 3.8) is 0 Å². The lowest BCUT2D eigenvalue weighted by molar-refractivity contribution is 0.104. The van der Waals surface area contributed by atoms with E-state index < -0.39 is 0 Å². The van der Waals surface area contributed by atoms with Gasteiger partial charge in [-0.25, -0.2) is 4.98 Å². The van der Waals surface area contributed by atoms with Gasteiger partial charge in [0, 0.05) is 53.3 Å². The molecule has 0 spiro atoms. The van der Waals surface area contributed by atoms with Gasteiger partial charge in [0.2, 0.25) is 0 Å². The number of rotatable bonds is 3. The molecular weight excluding hydrogens is 300 g/mol. The van der Waals surface area contributed by atoms with E-state index in [1.807, 2.05) is 50.5 Å². The Bertz CT molecular complexity index is 1060. The molecule has 0 fully saturated rings. The average Bonchev–Trinajstić information content (AvgIpc) is 3.19. The molecule has 118 valence electrons. The van der Waals surface area contributed by atoms with Crippen molar-refractivity contribution in [3.05, 3.63) is 71.8 Å². The standard InChI is InChI=1S/C19H16N4O/c1-12-4-3-5-13(6-12)18(24)17-10-21-19-16(17)7-14(8-20-19)15-9-22-23(2)11-15/h3-11H,1-2H3,(H,20,21). The van der Waals surface area contributed by atoms with E-state index in [0.717, 1.165) is 22.1 Å². The summed E-state index contributed by atoms with van der Waals surface area (Å²) in [4.78, 5) is 20.4. The topological polar surface area (TPSA) is 63.6 Å². The third-order valence-electron chi connectivity index (χ3n) is 4.09. The predicted molar refractivity (Wildman–Crippen MR) is 92.9 cm³/mol. The van der Waals surface area contributed by atoms with Crippen LogP contribution in [0.1, 0.15) is 21.5 Å². The number of ketones is 1. The molecule has 5 nitrogen and oxygen atoms in total. The molecule has 0 saturated carbocycles. The number of benzene rings is 1. The minimum absolute atomic E-state index is 0.00455. The first kappa shape index (κ1) is 14.4. The smallest absolute Gasteiger partial charge is 0.195 e. The van der Waals surface area contributed by atoms with Gasteiger partial charge in [-0.3, -0.25) is 9.48 Å². The largest absolute Gasteiger partial charge is 0.345 e. The Morgan fingerprint density at radius 3 is 2.79 bits per heavy atom. The Kier molecular flexibility index (Phi) is 3.27. The third-order valence-corrected chi connectivity index (χ3v) is 4.09. The van der Waals surface area contributed by atoms with Gasteiger partial charge in [0.1, 0.15) is 5.65 Å². The van der Waals surface area contributed by atoms with Crippen molar-refractivity contribution >= 4 is 16.8 Å².